The Kier molecular flexibility index (Phi) is 3.10. The highest BCUT2D eigenvalue weighted by Gasteiger charge is 2.25. The Morgan fingerprint density at radius 2 is 2.29 bits per heavy atom. The molecule has 1 aromatic rings. The number of aliphatic hydroxyl groups excluding tert-OH is 1. The second kappa shape index (κ2) is 4.12. The molecular weight excluding hydrogens is 176 g/mol. The predicted molar refractivity (Wildman–Crippen MR) is 55.5 cm³/mol. The molecule has 0 saturated carbocycles. The summed E-state index contributed by atoms with van der Waals surface area (Å²) in [6, 6.07) is 9.44. The predicted octanol–water partition coefficient (Wildman–Crippen LogP) is 1.43. The fourth-order valence-corrected chi connectivity index (χ4v) is 1.37. The van der Waals surface area contributed by atoms with Crippen LogP contribution in [0.2, 0.25) is 0 Å². The zero-order valence-electron chi connectivity index (χ0n) is 8.20. The molecule has 0 fully saturated rings. The van der Waals surface area contributed by atoms with E-state index in [4.69, 9.17) is 16.1 Å². The average molecular weight is 190 g/mol. The third-order valence-corrected chi connectivity index (χ3v) is 2.38. The minimum absolute atomic E-state index is 0.00113. The van der Waals surface area contributed by atoms with E-state index in [1.165, 1.54) is 0 Å². The van der Waals surface area contributed by atoms with Crippen molar-refractivity contribution in [3.05, 3.63) is 29.8 Å². The van der Waals surface area contributed by atoms with Crippen molar-refractivity contribution in [3.63, 3.8) is 0 Å². The van der Waals surface area contributed by atoms with Crippen molar-refractivity contribution in [1.29, 1.82) is 5.26 Å². The van der Waals surface area contributed by atoms with Gasteiger partial charge in [0, 0.05) is 12.3 Å². The van der Waals surface area contributed by atoms with Crippen LogP contribution < -0.4 is 5.73 Å². The second-order valence-electron chi connectivity index (χ2n) is 3.54. The molecule has 1 unspecified atom stereocenters. The van der Waals surface area contributed by atoms with E-state index in [0.717, 1.165) is 5.56 Å². The highest BCUT2D eigenvalue weighted by molar-refractivity contribution is 5.45. The van der Waals surface area contributed by atoms with E-state index in [2.05, 4.69) is 6.07 Å². The molecule has 0 aliphatic rings. The second-order valence-corrected chi connectivity index (χ2v) is 3.54. The van der Waals surface area contributed by atoms with Gasteiger partial charge in [0.2, 0.25) is 0 Å². The number of nitriles is 1. The Morgan fingerprint density at radius 3 is 2.79 bits per heavy atom. The molecule has 0 spiro atoms. The van der Waals surface area contributed by atoms with Crippen LogP contribution >= 0.6 is 0 Å². The summed E-state index contributed by atoms with van der Waals surface area (Å²) in [7, 11) is 0. The molecule has 0 aliphatic carbocycles. The van der Waals surface area contributed by atoms with Crippen LogP contribution in [0.15, 0.2) is 24.3 Å². The molecule has 3 N–H and O–H groups in total. The van der Waals surface area contributed by atoms with Crippen LogP contribution in [0.1, 0.15) is 18.9 Å². The monoisotopic (exact) mass is 190 g/mol. The van der Waals surface area contributed by atoms with Gasteiger partial charge in [-0.1, -0.05) is 12.1 Å². The summed E-state index contributed by atoms with van der Waals surface area (Å²) in [6.45, 7) is 1.80. The van der Waals surface area contributed by atoms with Crippen LogP contribution in [-0.4, -0.2) is 11.7 Å². The minimum atomic E-state index is -0.649. The molecule has 1 atom stereocenters. The van der Waals surface area contributed by atoms with Gasteiger partial charge in [0.1, 0.15) is 0 Å². The van der Waals surface area contributed by atoms with Gasteiger partial charge in [0.25, 0.3) is 0 Å². The van der Waals surface area contributed by atoms with Crippen molar-refractivity contribution in [3.8, 4) is 6.07 Å². The number of nitrogens with two attached hydrogens (primary N) is 1. The number of anilines is 1. The van der Waals surface area contributed by atoms with Crippen molar-refractivity contribution in [1.82, 2.24) is 0 Å². The van der Waals surface area contributed by atoms with Gasteiger partial charge in [-0.2, -0.15) is 5.26 Å². The molecule has 0 amide bonds. The summed E-state index contributed by atoms with van der Waals surface area (Å²) in [5.74, 6) is 0. The Morgan fingerprint density at radius 1 is 1.57 bits per heavy atom. The SMILES string of the molecule is CC(C#N)(CCO)c1cccc(N)c1. The Bertz CT molecular complexity index is 357. The van der Waals surface area contributed by atoms with Crippen molar-refractivity contribution < 1.29 is 5.11 Å². The Balaban J connectivity index is 3.07. The zero-order chi connectivity index (χ0) is 10.6. The van der Waals surface area contributed by atoms with Crippen molar-refractivity contribution in [2.75, 3.05) is 12.3 Å². The molecule has 3 nitrogen and oxygen atoms in total. The molecule has 0 saturated heterocycles. The largest absolute Gasteiger partial charge is 0.399 e. The maximum absolute atomic E-state index is 9.06. The van der Waals surface area contributed by atoms with Crippen LogP contribution in [-0.2, 0) is 5.41 Å². The first kappa shape index (κ1) is 10.6. The van der Waals surface area contributed by atoms with E-state index >= 15 is 0 Å². The quantitative estimate of drug-likeness (QED) is 0.708. The normalized spacial score (nSPS) is 14.4. The van der Waals surface area contributed by atoms with Gasteiger partial charge in [-0.3, -0.25) is 0 Å². The maximum Gasteiger partial charge on any atom is 0.0816 e. The van der Waals surface area contributed by atoms with Crippen LogP contribution in [0.25, 0.3) is 0 Å². The lowest BCUT2D eigenvalue weighted by atomic mass is 9.81. The van der Waals surface area contributed by atoms with Gasteiger partial charge < -0.3 is 10.8 Å². The molecule has 3 heteroatoms. The third kappa shape index (κ3) is 2.04. The summed E-state index contributed by atoms with van der Waals surface area (Å²) in [5, 5.41) is 17.9. The first-order valence-corrected chi connectivity index (χ1v) is 4.50. The van der Waals surface area contributed by atoms with Gasteiger partial charge in [-0.15, -0.1) is 0 Å². The molecule has 0 aromatic heterocycles. The number of aliphatic hydroxyl groups is 1. The summed E-state index contributed by atoms with van der Waals surface area (Å²) in [5.41, 5.74) is 6.48. The number of rotatable bonds is 3. The highest BCUT2D eigenvalue weighted by atomic mass is 16.3. The molecule has 0 bridgehead atoms. The van der Waals surface area contributed by atoms with Gasteiger partial charge >= 0.3 is 0 Å². The molecule has 1 rings (SSSR count). The summed E-state index contributed by atoms with van der Waals surface area (Å²) in [6.07, 6.45) is 0.424. The van der Waals surface area contributed by atoms with E-state index in [0.29, 0.717) is 12.1 Å². The van der Waals surface area contributed by atoms with Gasteiger partial charge in [0.15, 0.2) is 0 Å². The topological polar surface area (TPSA) is 70.0 Å². The van der Waals surface area contributed by atoms with Gasteiger partial charge in [0.05, 0.1) is 11.5 Å². The van der Waals surface area contributed by atoms with Crippen molar-refractivity contribution in [2.45, 2.75) is 18.8 Å². The smallest absolute Gasteiger partial charge is 0.0816 e. The first-order valence-electron chi connectivity index (χ1n) is 4.50. The lowest BCUT2D eigenvalue weighted by molar-refractivity contribution is 0.264. The highest BCUT2D eigenvalue weighted by Crippen LogP contribution is 2.27. The molecular formula is C11H14N2O. The average Bonchev–Trinajstić information content (AvgIpc) is 2.18. The zero-order valence-corrected chi connectivity index (χ0v) is 8.20. The molecule has 14 heavy (non-hydrogen) atoms. The standard InChI is InChI=1S/C11H14N2O/c1-11(8-12,5-6-14)9-3-2-4-10(13)7-9/h2-4,7,14H,5-6,13H2,1H3. The van der Waals surface area contributed by atoms with Gasteiger partial charge in [-0.05, 0) is 31.0 Å². The van der Waals surface area contributed by atoms with E-state index in [-0.39, 0.29) is 6.61 Å². The number of nitrogens with zero attached hydrogens (tertiary/aromatic N) is 1. The first-order chi connectivity index (χ1) is 6.62. The van der Waals surface area contributed by atoms with Crippen molar-refractivity contribution in [2.24, 2.45) is 0 Å². The molecule has 0 heterocycles. The number of hydrogen-bond acceptors (Lipinski definition) is 3. The van der Waals surface area contributed by atoms with Crippen LogP contribution in [0.4, 0.5) is 5.69 Å². The number of benzene rings is 1. The molecule has 0 radical (unpaired) electrons. The molecule has 1 aromatic carbocycles. The summed E-state index contributed by atoms with van der Waals surface area (Å²) >= 11 is 0. The van der Waals surface area contributed by atoms with E-state index in [1.54, 1.807) is 19.1 Å². The third-order valence-electron chi connectivity index (χ3n) is 2.38. The summed E-state index contributed by atoms with van der Waals surface area (Å²) in [4.78, 5) is 0. The van der Waals surface area contributed by atoms with Crippen LogP contribution in [0.5, 0.6) is 0 Å². The Labute approximate surface area is 83.8 Å². The van der Waals surface area contributed by atoms with Crippen LogP contribution in [0.3, 0.4) is 0 Å². The summed E-state index contributed by atoms with van der Waals surface area (Å²) < 4.78 is 0. The number of nitrogen functional groups attached to an aromatic ring is 1. The van der Waals surface area contributed by atoms with E-state index < -0.39 is 5.41 Å². The van der Waals surface area contributed by atoms with Crippen molar-refractivity contribution >= 4 is 5.69 Å². The fourth-order valence-electron chi connectivity index (χ4n) is 1.37. The van der Waals surface area contributed by atoms with Crippen LogP contribution in [0, 0.1) is 11.3 Å². The molecule has 0 aliphatic heterocycles. The minimum Gasteiger partial charge on any atom is -0.399 e. The Hall–Kier alpha value is -1.53. The fraction of sp³-hybridized carbons (Fsp3) is 0.364. The van der Waals surface area contributed by atoms with E-state index in [1.807, 2.05) is 12.1 Å². The lowest BCUT2D eigenvalue weighted by Crippen LogP contribution is -2.21. The molecule has 74 valence electrons. The maximum atomic E-state index is 9.06. The number of hydrogen-bond donors (Lipinski definition) is 2. The van der Waals surface area contributed by atoms with E-state index in [9.17, 15) is 0 Å². The lowest BCUT2D eigenvalue weighted by Gasteiger charge is -2.21. The van der Waals surface area contributed by atoms with Gasteiger partial charge in [-0.25, -0.2) is 0 Å².